The van der Waals surface area contributed by atoms with Crippen molar-refractivity contribution in [3.8, 4) is 0 Å². The summed E-state index contributed by atoms with van der Waals surface area (Å²) in [6.07, 6.45) is 1.20. The first kappa shape index (κ1) is 25.8. The fourth-order valence-electron chi connectivity index (χ4n) is 2.50. The van der Waals surface area contributed by atoms with Crippen molar-refractivity contribution in [2.45, 2.75) is 76.2 Å². The lowest BCUT2D eigenvalue weighted by Crippen LogP contribution is -2.20. The number of aliphatic hydroxyl groups excluding tert-OH is 1. The third-order valence-electron chi connectivity index (χ3n) is 4.26. The van der Waals surface area contributed by atoms with Gasteiger partial charge in [-0.05, 0) is 49.1 Å². The maximum absolute atomic E-state index is 13.0. The minimum absolute atomic E-state index is 0.139. The smallest absolute Gasteiger partial charge is 0.220 e. The molecule has 1 N–H and O–H groups in total. The molecule has 158 valence electrons. The monoisotopic (exact) mass is 454 g/mol. The Morgan fingerprint density at radius 1 is 1.04 bits per heavy atom. The van der Waals surface area contributed by atoms with Gasteiger partial charge in [0.1, 0.15) is 0 Å². The van der Waals surface area contributed by atoms with Crippen molar-refractivity contribution in [1.29, 1.82) is 0 Å². The van der Waals surface area contributed by atoms with Gasteiger partial charge in [0.25, 0.3) is 0 Å². The molecule has 0 saturated carbocycles. The number of rotatable bonds is 10. The van der Waals surface area contributed by atoms with E-state index in [0.29, 0.717) is 0 Å². The summed E-state index contributed by atoms with van der Waals surface area (Å²) in [6, 6.07) is 8.14. The van der Waals surface area contributed by atoms with Gasteiger partial charge in [-0.3, -0.25) is 4.79 Å². The van der Waals surface area contributed by atoms with Crippen LogP contribution in [0.3, 0.4) is 0 Å². The number of hydrogen-bond acceptors (Lipinski definition) is 4. The van der Waals surface area contributed by atoms with E-state index >= 15 is 0 Å². The molecule has 0 bridgehead atoms. The van der Waals surface area contributed by atoms with Crippen molar-refractivity contribution >= 4 is 44.8 Å². The van der Waals surface area contributed by atoms with Gasteiger partial charge in [-0.15, -0.1) is 11.8 Å². The molecule has 0 radical (unpaired) electrons. The van der Waals surface area contributed by atoms with Crippen LogP contribution in [0.4, 0.5) is 0 Å². The molecule has 0 fully saturated rings. The molecule has 28 heavy (non-hydrogen) atoms. The van der Waals surface area contributed by atoms with Crippen molar-refractivity contribution < 1.29 is 9.90 Å². The zero-order valence-electron chi connectivity index (χ0n) is 18.9. The predicted molar refractivity (Wildman–Crippen MR) is 135 cm³/mol. The molecule has 1 unspecified atom stereocenters. The van der Waals surface area contributed by atoms with Crippen LogP contribution >= 0.6 is 23.5 Å². The second-order valence-electron chi connectivity index (χ2n) is 10.0. The number of carbonyl (C=O) groups excluding carboxylic acids is 1. The quantitative estimate of drug-likeness (QED) is 0.228. The molecule has 0 aromatic heterocycles. The Bertz CT molecular complexity index is 685. The Hall–Kier alpha value is -0.276. The summed E-state index contributed by atoms with van der Waals surface area (Å²) in [5.74, 6) is 1.88. The molecule has 1 aromatic carbocycles. The molecule has 2 nitrogen and oxygen atoms in total. The maximum atomic E-state index is 13.0. The van der Waals surface area contributed by atoms with E-state index in [4.69, 9.17) is 0 Å². The van der Waals surface area contributed by atoms with Crippen LogP contribution in [-0.2, 0) is 0 Å². The van der Waals surface area contributed by atoms with Gasteiger partial charge in [-0.1, -0.05) is 74.8 Å². The third-order valence-corrected chi connectivity index (χ3v) is 10.5. The van der Waals surface area contributed by atoms with Gasteiger partial charge in [0.05, 0.1) is 6.10 Å². The minimum atomic E-state index is -1.15. The topological polar surface area (TPSA) is 37.3 Å². The first-order valence-electron chi connectivity index (χ1n) is 10.1. The lowest BCUT2D eigenvalue weighted by atomic mass is 10.0. The van der Waals surface area contributed by atoms with Crippen LogP contribution < -0.4 is 0 Å². The molecule has 1 rings (SSSR count). The first-order valence-corrected chi connectivity index (χ1v) is 19.4. The molecular weight excluding hydrogens is 417 g/mol. The van der Waals surface area contributed by atoms with Gasteiger partial charge >= 0.3 is 0 Å². The lowest BCUT2D eigenvalue weighted by molar-refractivity contribution is 0.108. The summed E-state index contributed by atoms with van der Waals surface area (Å²) >= 11 is 3.18. The van der Waals surface area contributed by atoms with E-state index in [9.17, 15) is 9.90 Å². The standard InChI is InChI=1S/C22H38O2S2Si2/c1-17(2)16-20(23)18-10-9-11-19(21(18)25-12-14-27(3,4)5)22(24)26-13-15-28(6,7)8/h9-11,16,20,23H,12-15H2,1-8H3. The van der Waals surface area contributed by atoms with Crippen molar-refractivity contribution in [3.63, 3.8) is 0 Å². The highest BCUT2D eigenvalue weighted by Gasteiger charge is 2.21. The van der Waals surface area contributed by atoms with Gasteiger partial charge in [0.15, 0.2) is 0 Å². The Morgan fingerprint density at radius 3 is 2.14 bits per heavy atom. The highest BCUT2D eigenvalue weighted by molar-refractivity contribution is 8.14. The first-order chi connectivity index (χ1) is 12.8. The second kappa shape index (κ2) is 11.2. The van der Waals surface area contributed by atoms with Crippen LogP contribution in [0.2, 0.25) is 51.4 Å². The van der Waals surface area contributed by atoms with Gasteiger partial charge in [0, 0.05) is 26.6 Å². The molecule has 0 aliphatic carbocycles. The van der Waals surface area contributed by atoms with Crippen molar-refractivity contribution in [1.82, 2.24) is 0 Å². The van der Waals surface area contributed by atoms with E-state index < -0.39 is 22.3 Å². The van der Waals surface area contributed by atoms with E-state index in [1.165, 1.54) is 17.8 Å². The number of thioether (sulfide) groups is 2. The summed E-state index contributed by atoms with van der Waals surface area (Å²) in [5, 5.41) is 10.9. The van der Waals surface area contributed by atoms with Crippen LogP contribution in [0.15, 0.2) is 34.7 Å². The summed E-state index contributed by atoms with van der Waals surface area (Å²) in [5.41, 5.74) is 2.70. The largest absolute Gasteiger partial charge is 0.384 e. The molecule has 6 heteroatoms. The number of allylic oxidation sites excluding steroid dienone is 1. The Kier molecular flexibility index (Phi) is 10.3. The zero-order chi connectivity index (χ0) is 21.5. The fourth-order valence-corrected chi connectivity index (χ4v) is 9.67. The van der Waals surface area contributed by atoms with Crippen molar-refractivity contribution in [3.05, 3.63) is 41.0 Å². The number of carbonyl (C=O) groups is 1. The Morgan fingerprint density at radius 2 is 1.61 bits per heavy atom. The lowest BCUT2D eigenvalue weighted by Gasteiger charge is -2.19. The van der Waals surface area contributed by atoms with E-state index in [1.54, 1.807) is 11.8 Å². The van der Waals surface area contributed by atoms with E-state index in [-0.39, 0.29) is 5.12 Å². The molecule has 0 saturated heterocycles. The highest BCUT2D eigenvalue weighted by Crippen LogP contribution is 2.35. The van der Waals surface area contributed by atoms with Crippen LogP contribution in [0.25, 0.3) is 0 Å². The summed E-state index contributed by atoms with van der Waals surface area (Å²) in [6.45, 7) is 18.1. The zero-order valence-corrected chi connectivity index (χ0v) is 22.5. The molecule has 0 spiro atoms. The van der Waals surface area contributed by atoms with Gasteiger partial charge in [-0.2, -0.15) is 0 Å². The van der Waals surface area contributed by atoms with E-state index in [0.717, 1.165) is 39.1 Å². The average molecular weight is 455 g/mol. The summed E-state index contributed by atoms with van der Waals surface area (Å²) in [4.78, 5) is 14.0. The normalized spacial score (nSPS) is 13.3. The average Bonchev–Trinajstić information content (AvgIpc) is 2.51. The predicted octanol–water partition coefficient (Wildman–Crippen LogP) is 7.33. The SMILES string of the molecule is CC(C)=CC(O)c1cccc(C(=O)SCC[Si](C)(C)C)c1SCC[Si](C)(C)C. The summed E-state index contributed by atoms with van der Waals surface area (Å²) < 4.78 is 0. The molecule has 0 amide bonds. The van der Waals surface area contributed by atoms with E-state index in [2.05, 4.69) is 39.3 Å². The molecular formula is C22H38O2S2Si2. The number of hydrogen-bond donors (Lipinski definition) is 1. The van der Waals surface area contributed by atoms with Crippen molar-refractivity contribution in [2.24, 2.45) is 0 Å². The minimum Gasteiger partial charge on any atom is -0.384 e. The van der Waals surface area contributed by atoms with Crippen LogP contribution in [0, 0.1) is 0 Å². The number of benzene rings is 1. The highest BCUT2D eigenvalue weighted by atomic mass is 32.2. The summed E-state index contributed by atoms with van der Waals surface area (Å²) in [7, 11) is -2.30. The molecule has 0 aliphatic rings. The molecule has 1 atom stereocenters. The second-order valence-corrected chi connectivity index (χ2v) is 23.4. The van der Waals surface area contributed by atoms with Gasteiger partial charge in [0.2, 0.25) is 5.12 Å². The van der Waals surface area contributed by atoms with Gasteiger partial charge < -0.3 is 5.11 Å². The fraction of sp³-hybridized carbons (Fsp3) is 0.591. The molecule has 0 aliphatic heterocycles. The van der Waals surface area contributed by atoms with Crippen LogP contribution in [0.1, 0.15) is 35.9 Å². The van der Waals surface area contributed by atoms with Crippen LogP contribution in [-0.4, -0.2) is 37.9 Å². The Balaban J connectivity index is 3.12. The van der Waals surface area contributed by atoms with Crippen LogP contribution in [0.5, 0.6) is 0 Å². The maximum Gasteiger partial charge on any atom is 0.220 e. The van der Waals surface area contributed by atoms with E-state index in [1.807, 2.05) is 38.1 Å². The van der Waals surface area contributed by atoms with Crippen molar-refractivity contribution in [2.75, 3.05) is 11.5 Å². The molecule has 1 aromatic rings. The third kappa shape index (κ3) is 9.96. The number of aliphatic hydroxyl groups is 1. The Labute approximate surface area is 183 Å². The van der Waals surface area contributed by atoms with Gasteiger partial charge in [-0.25, -0.2) is 0 Å². The molecule has 0 heterocycles.